The Labute approximate surface area is 168 Å². The lowest BCUT2D eigenvalue weighted by atomic mass is 10.1. The van der Waals surface area contributed by atoms with Crippen molar-refractivity contribution >= 4 is 16.1 Å². The van der Waals surface area contributed by atoms with Crippen molar-refractivity contribution in [1.29, 1.82) is 0 Å². The summed E-state index contributed by atoms with van der Waals surface area (Å²) in [7, 11) is -3.67. The third kappa shape index (κ3) is 19.7. The van der Waals surface area contributed by atoms with Gasteiger partial charge in [0, 0.05) is 6.42 Å². The van der Waals surface area contributed by atoms with E-state index in [9.17, 15) is 13.2 Å². The molecule has 0 aliphatic carbocycles. The molecule has 0 aliphatic rings. The van der Waals surface area contributed by atoms with Gasteiger partial charge in [-0.25, -0.2) is 0 Å². The number of hydrogen-bond acceptors (Lipinski definition) is 4. The third-order valence-corrected chi connectivity index (χ3v) is 5.84. The van der Waals surface area contributed by atoms with Crippen molar-refractivity contribution in [3.8, 4) is 0 Å². The zero-order valence-electron chi connectivity index (χ0n) is 17.7. The summed E-state index contributed by atoms with van der Waals surface area (Å²) < 4.78 is 27.6. The van der Waals surface area contributed by atoms with Crippen molar-refractivity contribution in [3.63, 3.8) is 0 Å². The van der Waals surface area contributed by atoms with Crippen molar-refractivity contribution in [2.24, 2.45) is 0 Å². The van der Waals surface area contributed by atoms with Gasteiger partial charge in [0.2, 0.25) is 0 Å². The van der Waals surface area contributed by atoms with Gasteiger partial charge in [0.25, 0.3) is 0 Å². The molecule has 0 aromatic heterocycles. The maximum Gasteiger partial charge on any atom is 0.322 e. The van der Waals surface area contributed by atoms with Crippen LogP contribution in [0.5, 0.6) is 0 Å². The molecule has 0 fully saturated rings. The van der Waals surface area contributed by atoms with Crippen molar-refractivity contribution in [2.45, 2.75) is 117 Å². The van der Waals surface area contributed by atoms with Gasteiger partial charge >= 0.3 is 16.1 Å². The Hall–Kier alpha value is -0.840. The molecule has 5 heteroatoms. The van der Waals surface area contributed by atoms with Crippen LogP contribution in [0.4, 0.5) is 0 Å². The van der Waals surface area contributed by atoms with Crippen LogP contribution in [0.2, 0.25) is 0 Å². The summed E-state index contributed by atoms with van der Waals surface area (Å²) in [5.74, 6) is -0.675. The van der Waals surface area contributed by atoms with Gasteiger partial charge in [-0.1, -0.05) is 83.8 Å². The van der Waals surface area contributed by atoms with Gasteiger partial charge in [-0.05, 0) is 38.5 Å². The zero-order valence-corrected chi connectivity index (χ0v) is 18.5. The van der Waals surface area contributed by atoms with Gasteiger partial charge in [0.1, 0.15) is 0 Å². The second-order valence-corrected chi connectivity index (χ2v) is 9.10. The molecule has 0 aliphatic heterocycles. The van der Waals surface area contributed by atoms with Crippen LogP contribution in [-0.2, 0) is 19.1 Å². The first-order chi connectivity index (χ1) is 13.0. The zero-order chi connectivity index (χ0) is 20.2. The highest BCUT2D eigenvalue weighted by Gasteiger charge is 2.15. The highest BCUT2D eigenvalue weighted by molar-refractivity contribution is 7.87. The number of carbonyl (C=O) groups excluding carboxylic acids is 1. The molecule has 0 amide bonds. The van der Waals surface area contributed by atoms with E-state index in [0.29, 0.717) is 12.8 Å². The fraction of sp³-hybridized carbons (Fsp3) is 0.864. The van der Waals surface area contributed by atoms with Crippen LogP contribution < -0.4 is 0 Å². The maximum absolute atomic E-state index is 11.5. The first kappa shape index (κ1) is 26.2. The van der Waals surface area contributed by atoms with E-state index in [1.165, 1.54) is 51.4 Å². The first-order valence-electron chi connectivity index (χ1n) is 11.1. The normalized spacial score (nSPS) is 11.9. The number of hydrogen-bond donors (Lipinski definition) is 0. The first-order valence-corrected chi connectivity index (χ1v) is 12.7. The van der Waals surface area contributed by atoms with Gasteiger partial charge < -0.3 is 4.18 Å². The van der Waals surface area contributed by atoms with E-state index in [4.69, 9.17) is 0 Å². The van der Waals surface area contributed by atoms with E-state index >= 15 is 0 Å². The Bertz CT molecular complexity index is 469. The Morgan fingerprint density at radius 1 is 0.704 bits per heavy atom. The average molecular weight is 403 g/mol. The Balaban J connectivity index is 3.42. The van der Waals surface area contributed by atoms with E-state index < -0.39 is 16.1 Å². The molecule has 0 saturated heterocycles. The van der Waals surface area contributed by atoms with Gasteiger partial charge in [-0.3, -0.25) is 4.79 Å². The maximum atomic E-state index is 11.5. The largest absolute Gasteiger partial charge is 0.346 e. The quantitative estimate of drug-likeness (QED) is 0.137. The second kappa shape index (κ2) is 18.5. The van der Waals surface area contributed by atoms with Gasteiger partial charge in [-0.2, -0.15) is 8.42 Å². The third-order valence-electron chi connectivity index (χ3n) is 4.61. The number of unbranched alkanes of at least 4 members (excludes halogenated alkanes) is 12. The van der Waals surface area contributed by atoms with Crippen LogP contribution in [0, 0.1) is 0 Å². The molecule has 0 spiro atoms. The molecule has 0 heterocycles. The molecule has 0 aromatic carbocycles. The minimum atomic E-state index is -3.67. The number of carbonyl (C=O) groups is 1. The van der Waals surface area contributed by atoms with Crippen LogP contribution >= 0.6 is 0 Å². The molecule has 0 N–H and O–H groups in total. The lowest BCUT2D eigenvalue weighted by molar-refractivity contribution is -0.133. The van der Waals surface area contributed by atoms with Crippen molar-refractivity contribution in [3.05, 3.63) is 12.2 Å². The summed E-state index contributed by atoms with van der Waals surface area (Å²) in [6.07, 6.45) is 21.6. The van der Waals surface area contributed by atoms with E-state index in [1.54, 1.807) is 0 Å². The van der Waals surface area contributed by atoms with Gasteiger partial charge in [0.15, 0.2) is 0 Å². The summed E-state index contributed by atoms with van der Waals surface area (Å²) in [5, 5.41) is 0. The summed E-state index contributed by atoms with van der Waals surface area (Å²) >= 11 is 0. The van der Waals surface area contributed by atoms with E-state index in [2.05, 4.69) is 23.3 Å². The highest BCUT2D eigenvalue weighted by Crippen LogP contribution is 2.11. The predicted molar refractivity (Wildman–Crippen MR) is 114 cm³/mol. The Morgan fingerprint density at radius 2 is 1.19 bits per heavy atom. The highest BCUT2D eigenvalue weighted by atomic mass is 32.2. The van der Waals surface area contributed by atoms with Crippen molar-refractivity contribution in [2.75, 3.05) is 5.75 Å². The molecular formula is C22H42O4S. The molecule has 4 nitrogen and oxygen atoms in total. The van der Waals surface area contributed by atoms with Crippen LogP contribution in [0.1, 0.15) is 117 Å². The van der Waals surface area contributed by atoms with Crippen molar-refractivity contribution in [1.82, 2.24) is 0 Å². The van der Waals surface area contributed by atoms with E-state index in [1.807, 2.05) is 6.92 Å². The molecule has 0 saturated carbocycles. The predicted octanol–water partition coefficient (Wildman–Crippen LogP) is 6.70. The smallest absolute Gasteiger partial charge is 0.322 e. The molecule has 27 heavy (non-hydrogen) atoms. The van der Waals surface area contributed by atoms with Gasteiger partial charge in [-0.15, -0.1) is 0 Å². The minimum Gasteiger partial charge on any atom is -0.346 e. The molecule has 160 valence electrons. The Kier molecular flexibility index (Phi) is 17.9. The summed E-state index contributed by atoms with van der Waals surface area (Å²) in [5.41, 5.74) is 0. The van der Waals surface area contributed by atoms with Crippen LogP contribution in [0.25, 0.3) is 0 Å². The molecule has 0 aromatic rings. The number of allylic oxidation sites excluding steroid dienone is 2. The molecule has 0 atom stereocenters. The lowest BCUT2D eigenvalue weighted by Crippen LogP contribution is -2.15. The topological polar surface area (TPSA) is 60.4 Å². The fourth-order valence-corrected chi connectivity index (χ4v) is 3.98. The molecule has 0 rings (SSSR count). The minimum absolute atomic E-state index is 0.0678. The van der Waals surface area contributed by atoms with E-state index in [0.717, 1.165) is 32.1 Å². The van der Waals surface area contributed by atoms with E-state index in [-0.39, 0.29) is 12.2 Å². The molecular weight excluding hydrogens is 360 g/mol. The second-order valence-electron chi connectivity index (χ2n) is 7.40. The number of rotatable bonds is 19. The van der Waals surface area contributed by atoms with Crippen LogP contribution in [-0.4, -0.2) is 20.1 Å². The molecule has 0 radical (unpaired) electrons. The summed E-state index contributed by atoms with van der Waals surface area (Å²) in [4.78, 5) is 11.5. The summed E-state index contributed by atoms with van der Waals surface area (Å²) in [6, 6.07) is 0. The van der Waals surface area contributed by atoms with Crippen LogP contribution in [0.3, 0.4) is 0 Å². The van der Waals surface area contributed by atoms with Crippen molar-refractivity contribution < 1.29 is 17.4 Å². The molecule has 0 bridgehead atoms. The Morgan fingerprint density at radius 3 is 1.74 bits per heavy atom. The molecule has 0 unspecified atom stereocenters. The van der Waals surface area contributed by atoms with Crippen LogP contribution in [0.15, 0.2) is 12.2 Å². The fourth-order valence-electron chi connectivity index (χ4n) is 2.89. The average Bonchev–Trinajstić information content (AvgIpc) is 2.63. The standard InChI is InChI=1S/C22H42O4S/c1-3-5-7-8-9-10-11-12-13-14-15-16-17-18-19-20-22(23)26-27(24,25)21-6-4-2/h12-13H,3-11,14-21H2,1-2H3/b13-12-. The monoisotopic (exact) mass is 402 g/mol. The lowest BCUT2D eigenvalue weighted by Gasteiger charge is -2.05. The summed E-state index contributed by atoms with van der Waals surface area (Å²) in [6.45, 7) is 4.15. The SMILES string of the molecule is CCCCCCCC/C=C\CCCCCCCC(=O)OS(=O)(=O)CCCC. The van der Waals surface area contributed by atoms with Gasteiger partial charge in [0.05, 0.1) is 5.75 Å².